The van der Waals surface area contributed by atoms with Gasteiger partial charge in [-0.1, -0.05) is 341 Å². The van der Waals surface area contributed by atoms with Gasteiger partial charge in [-0.15, -0.1) is 0 Å². The summed E-state index contributed by atoms with van der Waals surface area (Å²) in [5, 5.41) is 13.5. The number of rotatable bonds is 59. The maximum atomic E-state index is 12.7. The maximum Gasteiger partial charge on any atom is 0.469 e. The van der Waals surface area contributed by atoms with Crippen LogP contribution in [0.25, 0.3) is 0 Å². The minimum atomic E-state index is -4.72. The van der Waals surface area contributed by atoms with Crippen LogP contribution in [0, 0.1) is 0 Å². The maximum absolute atomic E-state index is 12.7. The number of aliphatic hydroxyl groups excluding tert-OH is 1. The van der Waals surface area contributed by atoms with E-state index in [4.69, 9.17) is 0 Å². The van der Waals surface area contributed by atoms with Crippen molar-refractivity contribution in [2.24, 2.45) is 0 Å². The normalized spacial score (nSPS) is 12.9. The van der Waals surface area contributed by atoms with Gasteiger partial charge in [-0.05, 0) is 19.3 Å². The molecular weight excluding hydrogens is 874 g/mol. The standard InChI is InChI=1S/C61H122NO6P/c1-3-5-7-9-11-13-15-17-19-21-22-23-24-25-26-27-28-29-30-31-32-33-34-35-36-37-38-39-41-43-45-47-49-51-53-55-57-61(64)62-59(58-68-69(65,66)67)60(63)56-54-52-50-48-46-44-42-40-20-18-16-14-12-10-8-6-4-2/h54,56,59-60,63H,3-53,55,57-58H2,1-2H3,(H,62,64)(H2,65,66,67)/b56-54+/t59-,60+/m0/s1. The molecule has 2 atom stereocenters. The molecule has 8 heteroatoms. The van der Waals surface area contributed by atoms with Crippen molar-refractivity contribution >= 4 is 13.7 Å². The molecule has 0 fully saturated rings. The van der Waals surface area contributed by atoms with Gasteiger partial charge in [-0.2, -0.15) is 0 Å². The van der Waals surface area contributed by atoms with Gasteiger partial charge >= 0.3 is 7.82 Å². The van der Waals surface area contributed by atoms with Gasteiger partial charge in [0, 0.05) is 6.42 Å². The molecule has 0 unspecified atom stereocenters. The van der Waals surface area contributed by atoms with Crippen LogP contribution in [0.2, 0.25) is 0 Å². The third-order valence-electron chi connectivity index (χ3n) is 14.7. The van der Waals surface area contributed by atoms with Crippen LogP contribution in [0.3, 0.4) is 0 Å². The number of hydrogen-bond donors (Lipinski definition) is 4. The first-order valence-electron chi connectivity index (χ1n) is 31.1. The molecule has 1 amide bonds. The van der Waals surface area contributed by atoms with Gasteiger partial charge in [0.1, 0.15) is 0 Å². The van der Waals surface area contributed by atoms with Gasteiger partial charge in [-0.3, -0.25) is 9.32 Å². The van der Waals surface area contributed by atoms with Crippen molar-refractivity contribution in [1.82, 2.24) is 5.32 Å². The zero-order chi connectivity index (χ0) is 50.2. The summed E-state index contributed by atoms with van der Waals surface area (Å²) in [4.78, 5) is 31.2. The lowest BCUT2D eigenvalue weighted by molar-refractivity contribution is -0.123. The molecule has 0 heterocycles. The Morgan fingerprint density at radius 1 is 0.406 bits per heavy atom. The van der Waals surface area contributed by atoms with Gasteiger partial charge in [0.05, 0.1) is 18.8 Å². The van der Waals surface area contributed by atoms with Crippen molar-refractivity contribution < 1.29 is 28.8 Å². The summed E-state index contributed by atoms with van der Waals surface area (Å²) in [5.74, 6) is -0.217. The van der Waals surface area contributed by atoms with E-state index in [9.17, 15) is 24.3 Å². The van der Waals surface area contributed by atoms with Gasteiger partial charge < -0.3 is 20.2 Å². The number of phosphoric ester groups is 1. The highest BCUT2D eigenvalue weighted by Gasteiger charge is 2.24. The summed E-state index contributed by atoms with van der Waals surface area (Å²) in [6.07, 6.45) is 73.1. The molecule has 0 rings (SSSR count). The predicted octanol–water partition coefficient (Wildman–Crippen LogP) is 20.2. The number of phosphoric acid groups is 1. The first-order chi connectivity index (χ1) is 33.8. The van der Waals surface area contributed by atoms with Crippen molar-refractivity contribution in [3.63, 3.8) is 0 Å². The van der Waals surface area contributed by atoms with Gasteiger partial charge in [0.15, 0.2) is 0 Å². The summed E-state index contributed by atoms with van der Waals surface area (Å²) in [6, 6.07) is -0.907. The number of amides is 1. The van der Waals surface area contributed by atoms with Crippen LogP contribution in [-0.4, -0.2) is 39.6 Å². The third kappa shape index (κ3) is 58.0. The second-order valence-electron chi connectivity index (χ2n) is 21.7. The van der Waals surface area contributed by atoms with Crippen molar-refractivity contribution in [1.29, 1.82) is 0 Å². The predicted molar refractivity (Wildman–Crippen MR) is 301 cm³/mol. The highest BCUT2D eigenvalue weighted by molar-refractivity contribution is 7.46. The van der Waals surface area contributed by atoms with E-state index in [-0.39, 0.29) is 5.91 Å². The number of allylic oxidation sites excluding steroid dienone is 1. The average Bonchev–Trinajstić information content (AvgIpc) is 3.33. The first kappa shape index (κ1) is 68.3. The van der Waals surface area contributed by atoms with Crippen molar-refractivity contribution in [3.05, 3.63) is 12.2 Å². The Bertz CT molecular complexity index is 1080. The van der Waals surface area contributed by atoms with E-state index in [1.165, 1.54) is 295 Å². The highest BCUT2D eigenvalue weighted by Crippen LogP contribution is 2.36. The molecule has 0 aliphatic heterocycles. The second-order valence-corrected chi connectivity index (χ2v) is 23.0. The van der Waals surface area contributed by atoms with E-state index in [1.54, 1.807) is 6.08 Å². The molecule has 0 bridgehead atoms. The molecule has 7 nitrogen and oxygen atoms in total. The van der Waals surface area contributed by atoms with Crippen LogP contribution in [0.5, 0.6) is 0 Å². The molecule has 0 saturated heterocycles. The molecule has 0 saturated carbocycles. The van der Waals surface area contributed by atoms with Crippen LogP contribution >= 0.6 is 7.82 Å². The molecule has 0 aliphatic carbocycles. The number of hydrogen-bond acceptors (Lipinski definition) is 4. The van der Waals surface area contributed by atoms with E-state index in [0.29, 0.717) is 6.42 Å². The SMILES string of the molecule is CCCCCCCCCCCCCCCCC/C=C/[C@@H](O)[C@H](COP(=O)(O)O)NC(=O)CCCCCCCCCCCCCCCCCCCCCCCCCCCCCCCCCCCCCC. The average molecular weight is 997 g/mol. The Kier molecular flexibility index (Phi) is 56.0. The lowest BCUT2D eigenvalue weighted by Crippen LogP contribution is -2.45. The topological polar surface area (TPSA) is 116 Å². The fourth-order valence-electron chi connectivity index (χ4n) is 10.1. The van der Waals surface area contributed by atoms with Crippen molar-refractivity contribution in [3.8, 4) is 0 Å². The Labute approximate surface area is 431 Å². The fraction of sp³-hybridized carbons (Fsp3) is 0.951. The smallest absolute Gasteiger partial charge is 0.387 e. The Hall–Kier alpha value is -0.720. The van der Waals surface area contributed by atoms with Crippen molar-refractivity contribution in [2.45, 2.75) is 366 Å². The Morgan fingerprint density at radius 3 is 0.884 bits per heavy atom. The van der Waals surface area contributed by atoms with E-state index in [0.717, 1.165) is 38.5 Å². The van der Waals surface area contributed by atoms with Crippen LogP contribution in [0.4, 0.5) is 0 Å². The van der Waals surface area contributed by atoms with Gasteiger partial charge in [0.2, 0.25) is 5.91 Å². The molecule has 412 valence electrons. The fourth-order valence-corrected chi connectivity index (χ4v) is 10.4. The molecule has 0 radical (unpaired) electrons. The number of carbonyl (C=O) groups is 1. The van der Waals surface area contributed by atoms with Crippen LogP contribution in [0.15, 0.2) is 12.2 Å². The number of aliphatic hydroxyl groups is 1. The lowest BCUT2D eigenvalue weighted by atomic mass is 10.0. The largest absolute Gasteiger partial charge is 0.469 e. The second kappa shape index (κ2) is 56.6. The monoisotopic (exact) mass is 996 g/mol. The van der Waals surface area contributed by atoms with E-state index >= 15 is 0 Å². The molecule has 0 aliphatic rings. The van der Waals surface area contributed by atoms with E-state index in [1.807, 2.05) is 6.08 Å². The number of carbonyl (C=O) groups excluding carboxylic acids is 1. The van der Waals surface area contributed by atoms with E-state index in [2.05, 4.69) is 23.7 Å². The molecule has 0 aromatic rings. The zero-order valence-electron chi connectivity index (χ0n) is 46.5. The van der Waals surface area contributed by atoms with Crippen molar-refractivity contribution in [2.75, 3.05) is 6.61 Å². The quantitative estimate of drug-likeness (QED) is 0.0274. The molecule has 4 N–H and O–H groups in total. The van der Waals surface area contributed by atoms with Crippen LogP contribution in [-0.2, 0) is 13.9 Å². The minimum Gasteiger partial charge on any atom is -0.387 e. The number of unbranched alkanes of at least 4 members (excludes halogenated alkanes) is 50. The zero-order valence-corrected chi connectivity index (χ0v) is 47.4. The summed E-state index contributed by atoms with van der Waals surface area (Å²) >= 11 is 0. The van der Waals surface area contributed by atoms with Gasteiger partial charge in [0.25, 0.3) is 0 Å². The highest BCUT2D eigenvalue weighted by atomic mass is 31.2. The summed E-state index contributed by atoms with van der Waals surface area (Å²) in [6.45, 7) is 4.13. The summed E-state index contributed by atoms with van der Waals surface area (Å²) < 4.78 is 16.0. The Balaban J connectivity index is 3.61. The number of nitrogens with one attached hydrogen (secondary N) is 1. The summed E-state index contributed by atoms with van der Waals surface area (Å²) in [7, 11) is -4.72. The lowest BCUT2D eigenvalue weighted by Gasteiger charge is -2.22. The summed E-state index contributed by atoms with van der Waals surface area (Å²) in [5.41, 5.74) is 0. The molecule has 0 aromatic carbocycles. The molecular formula is C61H122NO6P. The van der Waals surface area contributed by atoms with Gasteiger partial charge in [-0.25, -0.2) is 4.57 Å². The first-order valence-corrected chi connectivity index (χ1v) is 32.7. The Morgan fingerprint density at radius 2 is 0.638 bits per heavy atom. The van der Waals surface area contributed by atoms with Crippen LogP contribution in [0.1, 0.15) is 354 Å². The third-order valence-corrected chi connectivity index (χ3v) is 15.2. The van der Waals surface area contributed by atoms with E-state index < -0.39 is 26.6 Å². The minimum absolute atomic E-state index is 0.217. The van der Waals surface area contributed by atoms with Crippen LogP contribution < -0.4 is 5.32 Å². The molecule has 0 spiro atoms. The molecule has 69 heavy (non-hydrogen) atoms. The molecule has 0 aromatic heterocycles.